The minimum Gasteiger partial charge on any atom is -0.342 e. The van der Waals surface area contributed by atoms with Crippen LogP contribution >= 0.6 is 0 Å². The number of hydrogen-bond donors (Lipinski definition) is 1. The van der Waals surface area contributed by atoms with E-state index in [0.717, 1.165) is 55.3 Å². The van der Waals surface area contributed by atoms with Gasteiger partial charge in [-0.25, -0.2) is 9.67 Å². The molecule has 24 heavy (non-hydrogen) atoms. The summed E-state index contributed by atoms with van der Waals surface area (Å²) in [6.45, 7) is 5.92. The summed E-state index contributed by atoms with van der Waals surface area (Å²) in [4.78, 5) is 10.7. The van der Waals surface area contributed by atoms with Crippen LogP contribution in [0.3, 0.4) is 0 Å². The first-order valence-electron chi connectivity index (χ1n) is 8.75. The zero-order valence-electron chi connectivity index (χ0n) is 14.0. The fourth-order valence-electron chi connectivity index (χ4n) is 3.51. The Labute approximate surface area is 141 Å². The number of imidazole rings is 1. The molecule has 1 atom stereocenters. The third kappa shape index (κ3) is 3.03. The molecule has 7 heteroatoms. The summed E-state index contributed by atoms with van der Waals surface area (Å²) in [5, 5.41) is 12.1. The van der Waals surface area contributed by atoms with Gasteiger partial charge >= 0.3 is 0 Å². The Morgan fingerprint density at radius 1 is 1.29 bits per heavy atom. The molecule has 1 aliphatic heterocycles. The van der Waals surface area contributed by atoms with Gasteiger partial charge in [-0.05, 0) is 48.4 Å². The Balaban J connectivity index is 1.48. The molecule has 0 amide bonds. The van der Waals surface area contributed by atoms with Crippen molar-refractivity contribution in [1.29, 1.82) is 0 Å². The third-order valence-electron chi connectivity index (χ3n) is 4.71. The number of aryl methyl sites for hydroxylation is 1. The van der Waals surface area contributed by atoms with E-state index in [0.29, 0.717) is 5.92 Å². The quantitative estimate of drug-likeness (QED) is 0.779. The van der Waals surface area contributed by atoms with Crippen molar-refractivity contribution < 1.29 is 0 Å². The predicted octanol–water partition coefficient (Wildman–Crippen LogP) is 2.34. The van der Waals surface area contributed by atoms with Gasteiger partial charge in [0, 0.05) is 19.0 Å². The molecule has 4 rings (SSSR count). The Kier molecular flexibility index (Phi) is 4.25. The molecule has 7 nitrogen and oxygen atoms in total. The number of nitrogens with zero attached hydrogens (tertiary/aromatic N) is 6. The fraction of sp³-hybridized carbons (Fsp3) is 0.529. The number of likely N-dealkylation sites (tertiary alicyclic amines) is 1. The summed E-state index contributed by atoms with van der Waals surface area (Å²) in [7, 11) is 0. The number of tetrazole rings is 1. The lowest BCUT2D eigenvalue weighted by molar-refractivity contribution is 0.189. The highest BCUT2D eigenvalue weighted by Crippen LogP contribution is 2.27. The molecule has 3 heterocycles. The van der Waals surface area contributed by atoms with E-state index in [1.165, 1.54) is 12.8 Å². The highest BCUT2D eigenvalue weighted by molar-refractivity contribution is 5.74. The Bertz CT molecular complexity index is 773. The number of fused-ring (bicyclic) bond motifs is 1. The molecule has 3 aromatic rings. The maximum absolute atomic E-state index is 4.79. The van der Waals surface area contributed by atoms with Gasteiger partial charge in [-0.3, -0.25) is 4.90 Å². The van der Waals surface area contributed by atoms with Gasteiger partial charge in [0.2, 0.25) is 0 Å². The number of piperidine rings is 1. The second-order valence-electron chi connectivity index (χ2n) is 6.53. The number of aromatic nitrogens is 6. The van der Waals surface area contributed by atoms with Crippen molar-refractivity contribution in [2.75, 3.05) is 13.1 Å². The van der Waals surface area contributed by atoms with E-state index >= 15 is 0 Å². The second-order valence-corrected chi connectivity index (χ2v) is 6.53. The molecule has 1 aromatic carbocycles. The van der Waals surface area contributed by atoms with Crippen molar-refractivity contribution in [2.45, 2.75) is 45.2 Å². The van der Waals surface area contributed by atoms with Gasteiger partial charge in [-0.2, -0.15) is 0 Å². The van der Waals surface area contributed by atoms with E-state index in [4.69, 9.17) is 4.98 Å². The number of aromatic amines is 1. The van der Waals surface area contributed by atoms with Gasteiger partial charge in [0.25, 0.3) is 0 Å². The molecule has 1 aliphatic rings. The molecule has 1 saturated heterocycles. The average molecular weight is 325 g/mol. The summed E-state index contributed by atoms with van der Waals surface area (Å²) in [5.41, 5.74) is 2.17. The highest BCUT2D eigenvalue weighted by atomic mass is 15.5. The van der Waals surface area contributed by atoms with Crippen LogP contribution in [0.1, 0.15) is 43.8 Å². The number of nitrogens with one attached hydrogen (secondary N) is 1. The maximum Gasteiger partial charge on any atom is 0.165 e. The molecular formula is C17H23N7. The van der Waals surface area contributed by atoms with Crippen LogP contribution in [0.5, 0.6) is 0 Å². The van der Waals surface area contributed by atoms with E-state index < -0.39 is 0 Å². The van der Waals surface area contributed by atoms with Gasteiger partial charge in [-0.15, -0.1) is 5.10 Å². The molecular weight excluding hydrogens is 302 g/mol. The SMILES string of the molecule is CCCn1nnnc1CN1CCC[C@@H](c2nc3ccccc3[nH]2)C1. The minimum absolute atomic E-state index is 0.446. The lowest BCUT2D eigenvalue weighted by atomic mass is 9.97. The molecule has 2 aromatic heterocycles. The number of benzene rings is 1. The van der Waals surface area contributed by atoms with Crippen molar-refractivity contribution in [3.05, 3.63) is 35.9 Å². The summed E-state index contributed by atoms with van der Waals surface area (Å²) in [6.07, 6.45) is 3.40. The Morgan fingerprint density at radius 2 is 2.21 bits per heavy atom. The molecule has 0 saturated carbocycles. The van der Waals surface area contributed by atoms with Crippen molar-refractivity contribution in [3.63, 3.8) is 0 Å². The molecule has 0 radical (unpaired) electrons. The molecule has 0 spiro atoms. The molecule has 1 N–H and O–H groups in total. The number of para-hydroxylation sites is 2. The average Bonchev–Trinajstić information content (AvgIpc) is 3.22. The number of rotatable bonds is 5. The largest absolute Gasteiger partial charge is 0.342 e. The number of hydrogen-bond acceptors (Lipinski definition) is 5. The van der Waals surface area contributed by atoms with Crippen LogP contribution in [0, 0.1) is 0 Å². The van der Waals surface area contributed by atoms with Crippen LogP contribution in [-0.4, -0.2) is 48.2 Å². The maximum atomic E-state index is 4.79. The van der Waals surface area contributed by atoms with Crippen LogP contribution in [0.2, 0.25) is 0 Å². The normalized spacial score (nSPS) is 19.1. The lowest BCUT2D eigenvalue weighted by Crippen LogP contribution is -2.35. The summed E-state index contributed by atoms with van der Waals surface area (Å²) in [5.74, 6) is 2.51. The summed E-state index contributed by atoms with van der Waals surface area (Å²) < 4.78 is 1.92. The van der Waals surface area contributed by atoms with E-state index in [-0.39, 0.29) is 0 Å². The molecule has 0 aliphatic carbocycles. The van der Waals surface area contributed by atoms with Crippen LogP contribution < -0.4 is 0 Å². The Morgan fingerprint density at radius 3 is 3.08 bits per heavy atom. The molecule has 0 bridgehead atoms. The summed E-state index contributed by atoms with van der Waals surface area (Å²) in [6, 6.07) is 8.23. The minimum atomic E-state index is 0.446. The van der Waals surface area contributed by atoms with Gasteiger partial charge in [0.1, 0.15) is 5.82 Å². The topological polar surface area (TPSA) is 75.5 Å². The van der Waals surface area contributed by atoms with Gasteiger partial charge in [0.05, 0.1) is 17.6 Å². The fourth-order valence-corrected chi connectivity index (χ4v) is 3.51. The first kappa shape index (κ1) is 15.3. The lowest BCUT2D eigenvalue weighted by Gasteiger charge is -2.31. The third-order valence-corrected chi connectivity index (χ3v) is 4.71. The van der Waals surface area contributed by atoms with Crippen LogP contribution in [0.4, 0.5) is 0 Å². The van der Waals surface area contributed by atoms with Crippen LogP contribution in [0.25, 0.3) is 11.0 Å². The van der Waals surface area contributed by atoms with E-state index in [1.807, 2.05) is 16.8 Å². The van der Waals surface area contributed by atoms with Gasteiger partial charge < -0.3 is 4.98 Å². The molecule has 1 fully saturated rings. The smallest absolute Gasteiger partial charge is 0.165 e. The van der Waals surface area contributed by atoms with Gasteiger partial charge in [-0.1, -0.05) is 19.1 Å². The van der Waals surface area contributed by atoms with E-state index in [9.17, 15) is 0 Å². The van der Waals surface area contributed by atoms with Crippen molar-refractivity contribution >= 4 is 11.0 Å². The zero-order valence-corrected chi connectivity index (χ0v) is 14.0. The van der Waals surface area contributed by atoms with Crippen LogP contribution in [-0.2, 0) is 13.1 Å². The second kappa shape index (κ2) is 6.68. The first-order chi connectivity index (χ1) is 11.8. The summed E-state index contributed by atoms with van der Waals surface area (Å²) >= 11 is 0. The first-order valence-corrected chi connectivity index (χ1v) is 8.75. The van der Waals surface area contributed by atoms with E-state index in [2.05, 4.69) is 44.5 Å². The monoisotopic (exact) mass is 325 g/mol. The van der Waals surface area contributed by atoms with Crippen molar-refractivity contribution in [1.82, 2.24) is 35.1 Å². The molecule has 126 valence electrons. The van der Waals surface area contributed by atoms with Crippen molar-refractivity contribution in [3.8, 4) is 0 Å². The predicted molar refractivity (Wildman–Crippen MR) is 91.5 cm³/mol. The number of H-pyrrole nitrogens is 1. The molecule has 0 unspecified atom stereocenters. The Hall–Kier alpha value is -2.28. The van der Waals surface area contributed by atoms with Crippen molar-refractivity contribution in [2.24, 2.45) is 0 Å². The highest BCUT2D eigenvalue weighted by Gasteiger charge is 2.25. The van der Waals surface area contributed by atoms with Crippen LogP contribution in [0.15, 0.2) is 24.3 Å². The standard InChI is InChI=1S/C17H23N7/c1-2-9-24-16(20-21-22-24)12-23-10-5-6-13(11-23)17-18-14-7-3-4-8-15(14)19-17/h3-4,7-8,13H,2,5-6,9-12H2,1H3,(H,18,19)/t13-/m1/s1. The van der Waals surface area contributed by atoms with E-state index in [1.54, 1.807) is 0 Å². The zero-order chi connectivity index (χ0) is 16.4. The van der Waals surface area contributed by atoms with Gasteiger partial charge in [0.15, 0.2) is 5.82 Å².